The quantitative estimate of drug-likeness (QED) is 0.888. The number of hydrogen-bond donors (Lipinski definition) is 1. The number of rotatable bonds is 4. The van der Waals surface area contributed by atoms with Crippen LogP contribution in [0.1, 0.15) is 5.69 Å². The van der Waals surface area contributed by atoms with E-state index in [-0.39, 0.29) is 17.0 Å². The molecule has 0 aliphatic rings. The van der Waals surface area contributed by atoms with Crippen molar-refractivity contribution >= 4 is 10.0 Å². The lowest BCUT2D eigenvalue weighted by Crippen LogP contribution is -2.27. The average Bonchev–Trinajstić information content (AvgIpc) is 2.40. The summed E-state index contributed by atoms with van der Waals surface area (Å²) in [5.74, 6) is 0. The first-order valence-corrected chi connectivity index (χ1v) is 6.99. The van der Waals surface area contributed by atoms with Crippen LogP contribution in [-0.2, 0) is 16.6 Å². The molecule has 0 radical (unpaired) electrons. The van der Waals surface area contributed by atoms with Crippen LogP contribution in [0.4, 0.5) is 0 Å². The summed E-state index contributed by atoms with van der Waals surface area (Å²) in [6, 6.07) is 7.77. The van der Waals surface area contributed by atoms with Gasteiger partial charge in [0.05, 0.1) is 17.1 Å². The lowest BCUT2D eigenvalue weighted by molar-refractivity contribution is 0.462. The molecular weight excluding hydrogens is 266 g/mol. The minimum Gasteiger partial charge on any atom is -0.328 e. The van der Waals surface area contributed by atoms with Crippen molar-refractivity contribution in [1.82, 2.24) is 14.3 Å². The second-order valence-electron chi connectivity index (χ2n) is 3.97. The highest BCUT2D eigenvalue weighted by Crippen LogP contribution is 2.13. The zero-order chi connectivity index (χ0) is 13.9. The van der Waals surface area contributed by atoms with Crippen LogP contribution in [-0.4, -0.2) is 29.7 Å². The Hall–Kier alpha value is -1.99. The Balaban J connectivity index is 2.24. The third kappa shape index (κ3) is 3.07. The van der Waals surface area contributed by atoms with E-state index in [1.807, 2.05) is 0 Å². The van der Waals surface area contributed by atoms with Gasteiger partial charge in [-0.3, -0.25) is 9.78 Å². The Labute approximate surface area is 110 Å². The molecule has 2 aromatic rings. The van der Waals surface area contributed by atoms with Crippen LogP contribution < -0.4 is 5.56 Å². The summed E-state index contributed by atoms with van der Waals surface area (Å²) in [6.45, 7) is 0.169. The first-order valence-electron chi connectivity index (χ1n) is 5.55. The molecule has 19 heavy (non-hydrogen) atoms. The predicted octanol–water partition coefficient (Wildman–Crippen LogP) is 0.591. The van der Waals surface area contributed by atoms with Crippen molar-refractivity contribution in [3.8, 4) is 0 Å². The maximum absolute atomic E-state index is 12.2. The number of nitrogens with zero attached hydrogens (tertiary/aromatic N) is 2. The summed E-state index contributed by atoms with van der Waals surface area (Å²) in [5.41, 5.74) is 0.310. The lowest BCUT2D eigenvalue weighted by atomic mass is 10.3. The van der Waals surface area contributed by atoms with Gasteiger partial charge in [0.2, 0.25) is 15.6 Å². The number of H-pyrrole nitrogens is 1. The molecule has 0 fully saturated rings. The minimum absolute atomic E-state index is 0.0468. The Morgan fingerprint density at radius 1 is 1.26 bits per heavy atom. The van der Waals surface area contributed by atoms with E-state index < -0.39 is 10.0 Å². The van der Waals surface area contributed by atoms with Gasteiger partial charge in [-0.1, -0.05) is 6.07 Å². The van der Waals surface area contributed by atoms with E-state index in [1.165, 1.54) is 29.7 Å². The highest BCUT2D eigenvalue weighted by Gasteiger charge is 2.21. The third-order valence-corrected chi connectivity index (χ3v) is 4.37. The number of hydrogen-bond acceptors (Lipinski definition) is 4. The third-order valence-electron chi connectivity index (χ3n) is 2.57. The van der Waals surface area contributed by atoms with Gasteiger partial charge in [-0.2, -0.15) is 4.31 Å². The fourth-order valence-corrected chi connectivity index (χ4v) is 2.65. The molecule has 0 aromatic carbocycles. The standard InChI is InChI=1S/C12H13N3O3S/c1-15(9-10-4-2-3-7-13-10)19(17,18)11-5-6-12(16)14-8-11/h2-8H,9H2,1H3,(H,14,16). The summed E-state index contributed by atoms with van der Waals surface area (Å²) in [7, 11) is -2.16. The van der Waals surface area contributed by atoms with Crippen LogP contribution in [0.25, 0.3) is 0 Å². The summed E-state index contributed by atoms with van der Waals surface area (Å²) in [4.78, 5) is 17.4. The average molecular weight is 279 g/mol. The molecule has 0 aliphatic carbocycles. The molecule has 0 bridgehead atoms. The maximum Gasteiger partial charge on any atom is 0.247 e. The number of pyridine rings is 2. The number of nitrogens with one attached hydrogen (secondary N) is 1. The highest BCUT2D eigenvalue weighted by atomic mass is 32.2. The zero-order valence-electron chi connectivity index (χ0n) is 10.3. The van der Waals surface area contributed by atoms with Gasteiger partial charge >= 0.3 is 0 Å². The molecule has 2 rings (SSSR count). The summed E-state index contributed by atoms with van der Waals surface area (Å²) in [6.07, 6.45) is 2.79. The topological polar surface area (TPSA) is 83.1 Å². The monoisotopic (exact) mass is 279 g/mol. The fraction of sp³-hybridized carbons (Fsp3) is 0.167. The van der Waals surface area contributed by atoms with Crippen LogP contribution in [0, 0.1) is 0 Å². The van der Waals surface area contributed by atoms with Crippen molar-refractivity contribution in [2.75, 3.05) is 7.05 Å². The van der Waals surface area contributed by atoms with Gasteiger partial charge in [-0.25, -0.2) is 8.42 Å². The van der Waals surface area contributed by atoms with Gasteiger partial charge < -0.3 is 4.98 Å². The molecule has 6 nitrogen and oxygen atoms in total. The van der Waals surface area contributed by atoms with Crippen LogP contribution in [0.15, 0.2) is 52.4 Å². The normalized spacial score (nSPS) is 11.7. The van der Waals surface area contributed by atoms with Crippen LogP contribution in [0.2, 0.25) is 0 Å². The van der Waals surface area contributed by atoms with Crippen molar-refractivity contribution in [1.29, 1.82) is 0 Å². The van der Waals surface area contributed by atoms with E-state index in [9.17, 15) is 13.2 Å². The van der Waals surface area contributed by atoms with Gasteiger partial charge in [0.1, 0.15) is 0 Å². The molecule has 7 heteroatoms. The number of aromatic nitrogens is 2. The Bertz CT molecular complexity index is 690. The van der Waals surface area contributed by atoms with E-state index in [4.69, 9.17) is 0 Å². The van der Waals surface area contributed by atoms with Crippen molar-refractivity contribution in [2.24, 2.45) is 0 Å². The molecule has 2 heterocycles. The second kappa shape index (κ2) is 5.33. The van der Waals surface area contributed by atoms with E-state index >= 15 is 0 Å². The molecular formula is C12H13N3O3S. The van der Waals surface area contributed by atoms with Crippen LogP contribution >= 0.6 is 0 Å². The van der Waals surface area contributed by atoms with E-state index in [1.54, 1.807) is 24.4 Å². The van der Waals surface area contributed by atoms with Crippen molar-refractivity contribution in [2.45, 2.75) is 11.4 Å². The molecule has 1 N–H and O–H groups in total. The smallest absolute Gasteiger partial charge is 0.247 e. The number of aromatic amines is 1. The van der Waals surface area contributed by atoms with Crippen LogP contribution in [0.5, 0.6) is 0 Å². The predicted molar refractivity (Wildman–Crippen MR) is 70.0 cm³/mol. The Kier molecular flexibility index (Phi) is 3.77. The second-order valence-corrected chi connectivity index (χ2v) is 6.02. The van der Waals surface area contributed by atoms with Crippen molar-refractivity contribution in [3.05, 3.63) is 58.8 Å². The first-order chi connectivity index (χ1) is 9.00. The Morgan fingerprint density at radius 2 is 2.05 bits per heavy atom. The summed E-state index contributed by atoms with van der Waals surface area (Å²) in [5, 5.41) is 0. The van der Waals surface area contributed by atoms with Crippen LogP contribution in [0.3, 0.4) is 0 Å². The molecule has 0 aliphatic heterocycles. The van der Waals surface area contributed by atoms with Gasteiger partial charge in [0.15, 0.2) is 0 Å². The summed E-state index contributed by atoms with van der Waals surface area (Å²) < 4.78 is 25.6. The molecule has 0 spiro atoms. The molecule has 2 aromatic heterocycles. The SMILES string of the molecule is CN(Cc1ccccn1)S(=O)(=O)c1ccc(=O)[nH]c1. The molecule has 0 unspecified atom stereocenters. The molecule has 0 amide bonds. The molecule has 0 saturated carbocycles. The van der Waals surface area contributed by atoms with Gasteiger partial charge in [0.25, 0.3) is 0 Å². The Morgan fingerprint density at radius 3 is 2.63 bits per heavy atom. The first kappa shape index (κ1) is 13.4. The van der Waals surface area contributed by atoms with E-state index in [0.717, 1.165) is 0 Å². The van der Waals surface area contributed by atoms with Crippen molar-refractivity contribution < 1.29 is 8.42 Å². The fourth-order valence-electron chi connectivity index (χ4n) is 1.54. The molecule has 100 valence electrons. The van der Waals surface area contributed by atoms with E-state index in [2.05, 4.69) is 9.97 Å². The largest absolute Gasteiger partial charge is 0.328 e. The van der Waals surface area contributed by atoms with Gasteiger partial charge in [-0.15, -0.1) is 0 Å². The van der Waals surface area contributed by atoms with E-state index in [0.29, 0.717) is 5.69 Å². The van der Waals surface area contributed by atoms with Gasteiger partial charge in [0, 0.05) is 25.5 Å². The van der Waals surface area contributed by atoms with Crippen molar-refractivity contribution in [3.63, 3.8) is 0 Å². The molecule has 0 atom stereocenters. The zero-order valence-corrected chi connectivity index (χ0v) is 11.1. The number of sulfonamides is 1. The minimum atomic E-state index is -3.63. The molecule has 0 saturated heterocycles. The lowest BCUT2D eigenvalue weighted by Gasteiger charge is -2.16. The summed E-state index contributed by atoms with van der Waals surface area (Å²) >= 11 is 0. The highest BCUT2D eigenvalue weighted by molar-refractivity contribution is 7.89. The maximum atomic E-state index is 12.2. The van der Waals surface area contributed by atoms with Gasteiger partial charge in [-0.05, 0) is 18.2 Å².